The molecule has 1 aromatic carbocycles. The van der Waals surface area contributed by atoms with E-state index in [1.807, 2.05) is 13.0 Å². The Balaban J connectivity index is 0.00000841. The highest BCUT2D eigenvalue weighted by atomic mass is 127. The Bertz CT molecular complexity index is 653. The summed E-state index contributed by atoms with van der Waals surface area (Å²) in [6.45, 7) is 11.0. The SMILES string of the molecule is CCOCCCNC(=NCc1ccc(C)cc1OC(C)CC)NCC(=O)N(C)C.I. The van der Waals surface area contributed by atoms with Crippen molar-refractivity contribution in [2.45, 2.75) is 53.2 Å². The summed E-state index contributed by atoms with van der Waals surface area (Å²) in [5, 5.41) is 6.38. The molecule has 0 radical (unpaired) electrons. The summed E-state index contributed by atoms with van der Waals surface area (Å²) < 4.78 is 11.4. The van der Waals surface area contributed by atoms with Crippen molar-refractivity contribution in [2.24, 2.45) is 4.99 Å². The van der Waals surface area contributed by atoms with Crippen LogP contribution in [-0.4, -0.2) is 63.3 Å². The molecular weight excluding hydrogens is 495 g/mol. The van der Waals surface area contributed by atoms with E-state index in [0.717, 1.165) is 29.7 Å². The number of hydrogen-bond donors (Lipinski definition) is 2. The van der Waals surface area contributed by atoms with Gasteiger partial charge in [0.05, 0.1) is 19.2 Å². The molecule has 0 aliphatic carbocycles. The van der Waals surface area contributed by atoms with Crippen LogP contribution in [0.1, 0.15) is 44.7 Å². The maximum absolute atomic E-state index is 11.9. The molecule has 1 rings (SSSR count). The van der Waals surface area contributed by atoms with E-state index in [1.54, 1.807) is 19.0 Å². The van der Waals surface area contributed by atoms with Gasteiger partial charge in [0.2, 0.25) is 5.91 Å². The summed E-state index contributed by atoms with van der Waals surface area (Å²) in [4.78, 5) is 18.1. The molecule has 30 heavy (non-hydrogen) atoms. The third-order valence-electron chi connectivity index (χ3n) is 4.40. The van der Waals surface area contributed by atoms with Crippen LogP contribution in [0.5, 0.6) is 5.75 Å². The highest BCUT2D eigenvalue weighted by Crippen LogP contribution is 2.23. The number of halogens is 1. The number of nitrogens with zero attached hydrogens (tertiary/aromatic N) is 2. The molecule has 172 valence electrons. The number of carbonyl (C=O) groups is 1. The number of aliphatic imine (C=N–C) groups is 1. The third-order valence-corrected chi connectivity index (χ3v) is 4.40. The van der Waals surface area contributed by atoms with E-state index in [-0.39, 0.29) is 42.5 Å². The molecule has 0 aromatic heterocycles. The number of carbonyl (C=O) groups excluding carboxylic acids is 1. The molecule has 0 bridgehead atoms. The number of ether oxygens (including phenoxy) is 2. The zero-order valence-electron chi connectivity index (χ0n) is 19.3. The number of hydrogen-bond acceptors (Lipinski definition) is 4. The first-order valence-electron chi connectivity index (χ1n) is 10.4. The van der Waals surface area contributed by atoms with Crippen molar-refractivity contribution in [2.75, 3.05) is 40.4 Å². The topological polar surface area (TPSA) is 75.2 Å². The van der Waals surface area contributed by atoms with E-state index in [2.05, 4.69) is 48.5 Å². The van der Waals surface area contributed by atoms with Gasteiger partial charge in [-0.1, -0.05) is 19.1 Å². The molecule has 0 saturated carbocycles. The summed E-state index contributed by atoms with van der Waals surface area (Å²) >= 11 is 0. The standard InChI is InChI=1S/C22H38N4O3.HI/c1-7-18(4)29-20-14-17(3)10-11-19(20)15-24-22(23-12-9-13-28-8-2)25-16-21(27)26(5)6;/h10-11,14,18H,7-9,12-13,15-16H2,1-6H3,(H2,23,24,25);1H. The minimum absolute atomic E-state index is 0. The second kappa shape index (κ2) is 16.2. The van der Waals surface area contributed by atoms with Gasteiger partial charge >= 0.3 is 0 Å². The molecule has 7 nitrogen and oxygen atoms in total. The molecular formula is C22H39IN4O3. The fraction of sp³-hybridized carbons (Fsp3) is 0.636. The van der Waals surface area contributed by atoms with Gasteiger partial charge in [-0.3, -0.25) is 4.79 Å². The van der Waals surface area contributed by atoms with Gasteiger partial charge in [0.1, 0.15) is 5.75 Å². The molecule has 0 saturated heterocycles. The molecule has 0 fully saturated rings. The minimum Gasteiger partial charge on any atom is -0.490 e. The fourth-order valence-corrected chi connectivity index (χ4v) is 2.38. The van der Waals surface area contributed by atoms with Crippen LogP contribution in [0.15, 0.2) is 23.2 Å². The fourth-order valence-electron chi connectivity index (χ4n) is 2.38. The molecule has 0 aliphatic heterocycles. The van der Waals surface area contributed by atoms with E-state index < -0.39 is 0 Å². The minimum atomic E-state index is -0.00931. The lowest BCUT2D eigenvalue weighted by Gasteiger charge is -2.17. The zero-order chi connectivity index (χ0) is 21.6. The molecule has 0 aliphatic rings. The van der Waals surface area contributed by atoms with E-state index in [0.29, 0.717) is 32.3 Å². The maximum atomic E-state index is 11.9. The van der Waals surface area contributed by atoms with Crippen LogP contribution < -0.4 is 15.4 Å². The zero-order valence-corrected chi connectivity index (χ0v) is 21.6. The Morgan fingerprint density at radius 1 is 1.23 bits per heavy atom. The van der Waals surface area contributed by atoms with E-state index >= 15 is 0 Å². The molecule has 8 heteroatoms. The van der Waals surface area contributed by atoms with Crippen LogP contribution in [0, 0.1) is 6.92 Å². The van der Waals surface area contributed by atoms with Crippen LogP contribution in [0.25, 0.3) is 0 Å². The number of aryl methyl sites for hydroxylation is 1. The molecule has 0 spiro atoms. The van der Waals surface area contributed by atoms with Crippen molar-refractivity contribution in [3.63, 3.8) is 0 Å². The molecule has 1 amide bonds. The quantitative estimate of drug-likeness (QED) is 0.186. The van der Waals surface area contributed by atoms with Crippen LogP contribution in [0.4, 0.5) is 0 Å². The van der Waals surface area contributed by atoms with Crippen molar-refractivity contribution in [1.82, 2.24) is 15.5 Å². The van der Waals surface area contributed by atoms with Crippen molar-refractivity contribution < 1.29 is 14.3 Å². The van der Waals surface area contributed by atoms with Gasteiger partial charge in [0, 0.05) is 39.4 Å². The van der Waals surface area contributed by atoms with Gasteiger partial charge in [-0.05, 0) is 45.2 Å². The van der Waals surface area contributed by atoms with E-state index in [4.69, 9.17) is 9.47 Å². The normalized spacial score (nSPS) is 12.0. The van der Waals surface area contributed by atoms with Crippen LogP contribution in [0.3, 0.4) is 0 Å². The average Bonchev–Trinajstić information content (AvgIpc) is 2.69. The monoisotopic (exact) mass is 534 g/mol. The highest BCUT2D eigenvalue weighted by molar-refractivity contribution is 14.0. The number of nitrogens with one attached hydrogen (secondary N) is 2. The Morgan fingerprint density at radius 3 is 2.60 bits per heavy atom. The molecule has 1 atom stereocenters. The Morgan fingerprint density at radius 2 is 1.97 bits per heavy atom. The van der Waals surface area contributed by atoms with Gasteiger partial charge in [0.25, 0.3) is 0 Å². The van der Waals surface area contributed by atoms with E-state index in [9.17, 15) is 4.79 Å². The first-order valence-corrected chi connectivity index (χ1v) is 10.4. The van der Waals surface area contributed by atoms with Gasteiger partial charge in [-0.15, -0.1) is 24.0 Å². The Kier molecular flexibility index (Phi) is 15.3. The lowest BCUT2D eigenvalue weighted by atomic mass is 10.1. The Hall–Kier alpha value is -1.55. The first kappa shape index (κ1) is 28.5. The molecule has 2 N–H and O–H groups in total. The van der Waals surface area contributed by atoms with E-state index in [1.165, 1.54) is 0 Å². The average molecular weight is 534 g/mol. The predicted octanol–water partition coefficient (Wildman–Crippen LogP) is 3.34. The number of rotatable bonds is 12. The van der Waals surface area contributed by atoms with Crippen molar-refractivity contribution >= 4 is 35.8 Å². The van der Waals surface area contributed by atoms with Crippen LogP contribution in [0.2, 0.25) is 0 Å². The summed E-state index contributed by atoms with van der Waals surface area (Å²) in [7, 11) is 3.47. The number of likely N-dealkylation sites (N-methyl/N-ethyl adjacent to an activating group) is 1. The van der Waals surface area contributed by atoms with Gasteiger partial charge < -0.3 is 25.0 Å². The third kappa shape index (κ3) is 11.6. The summed E-state index contributed by atoms with van der Waals surface area (Å²) in [5.74, 6) is 1.46. The van der Waals surface area contributed by atoms with Crippen molar-refractivity contribution in [1.29, 1.82) is 0 Å². The lowest BCUT2D eigenvalue weighted by molar-refractivity contribution is -0.127. The molecule has 1 aromatic rings. The smallest absolute Gasteiger partial charge is 0.241 e. The lowest BCUT2D eigenvalue weighted by Crippen LogP contribution is -2.43. The Labute approximate surface area is 199 Å². The van der Waals surface area contributed by atoms with Crippen LogP contribution >= 0.6 is 24.0 Å². The van der Waals surface area contributed by atoms with Crippen molar-refractivity contribution in [3.8, 4) is 5.75 Å². The maximum Gasteiger partial charge on any atom is 0.241 e. The number of benzene rings is 1. The van der Waals surface area contributed by atoms with Gasteiger partial charge in [-0.25, -0.2) is 4.99 Å². The van der Waals surface area contributed by atoms with Crippen LogP contribution in [-0.2, 0) is 16.1 Å². The highest BCUT2D eigenvalue weighted by Gasteiger charge is 2.09. The second-order valence-electron chi connectivity index (χ2n) is 7.23. The van der Waals surface area contributed by atoms with Gasteiger partial charge in [0.15, 0.2) is 5.96 Å². The van der Waals surface area contributed by atoms with Crippen molar-refractivity contribution in [3.05, 3.63) is 29.3 Å². The molecule has 1 unspecified atom stereocenters. The number of guanidine groups is 1. The first-order chi connectivity index (χ1) is 13.9. The largest absolute Gasteiger partial charge is 0.490 e. The summed E-state index contributed by atoms with van der Waals surface area (Å²) in [5.41, 5.74) is 2.17. The summed E-state index contributed by atoms with van der Waals surface area (Å²) in [6, 6.07) is 6.16. The summed E-state index contributed by atoms with van der Waals surface area (Å²) in [6.07, 6.45) is 1.95. The number of amides is 1. The van der Waals surface area contributed by atoms with Gasteiger partial charge in [-0.2, -0.15) is 0 Å². The second-order valence-corrected chi connectivity index (χ2v) is 7.23. The predicted molar refractivity (Wildman–Crippen MR) is 134 cm³/mol. The molecule has 0 heterocycles.